The number of aliphatic hydroxyl groups excluding tert-OH is 1. The maximum absolute atomic E-state index is 13.4. The largest absolute Gasteiger partial charge is 0.465 e. The number of aryl methyl sites for hydroxylation is 2. The molecule has 6 aromatic rings. The summed E-state index contributed by atoms with van der Waals surface area (Å²) in [5.74, 6) is 0.396. The number of ether oxygens (including phenoxy) is 4. The molecular weight excluding hydrogens is 997 g/mol. The van der Waals surface area contributed by atoms with Crippen LogP contribution in [0.5, 0.6) is 0 Å². The molecule has 404 valence electrons. The minimum atomic E-state index is -3.48. The van der Waals surface area contributed by atoms with Crippen molar-refractivity contribution in [2.75, 3.05) is 69.8 Å². The van der Waals surface area contributed by atoms with Crippen LogP contribution in [0.25, 0.3) is 0 Å². The van der Waals surface area contributed by atoms with Gasteiger partial charge >= 0.3 is 11.9 Å². The third-order valence-corrected chi connectivity index (χ3v) is 13.4. The van der Waals surface area contributed by atoms with Crippen molar-refractivity contribution in [1.29, 1.82) is 0 Å². The Morgan fingerprint density at radius 2 is 1.01 bits per heavy atom. The zero-order valence-corrected chi connectivity index (χ0v) is 44.7. The fourth-order valence-electron chi connectivity index (χ4n) is 9.10. The first-order valence-electron chi connectivity index (χ1n) is 24.9. The Morgan fingerprint density at radius 1 is 0.605 bits per heavy atom. The van der Waals surface area contributed by atoms with Crippen molar-refractivity contribution in [3.8, 4) is 0 Å². The average Bonchev–Trinajstić information content (AvgIpc) is 4.18. The number of aromatic nitrogens is 4. The molecule has 2 aromatic heterocycles. The van der Waals surface area contributed by atoms with E-state index in [0.29, 0.717) is 79.6 Å². The van der Waals surface area contributed by atoms with Gasteiger partial charge in [0.1, 0.15) is 22.8 Å². The van der Waals surface area contributed by atoms with Crippen LogP contribution in [0.1, 0.15) is 112 Å². The van der Waals surface area contributed by atoms with Crippen molar-refractivity contribution in [3.63, 3.8) is 0 Å². The Balaban J connectivity index is 0.000000222. The van der Waals surface area contributed by atoms with Gasteiger partial charge in [0.15, 0.2) is 0 Å². The maximum atomic E-state index is 13.4. The molecule has 21 heteroatoms. The lowest BCUT2D eigenvalue weighted by atomic mass is 10.1. The minimum absolute atomic E-state index is 0.000924. The van der Waals surface area contributed by atoms with Crippen LogP contribution in [-0.4, -0.2) is 117 Å². The van der Waals surface area contributed by atoms with E-state index in [1.807, 2.05) is 85.6 Å². The van der Waals surface area contributed by atoms with Gasteiger partial charge in [-0.05, 0) is 85.3 Å². The second kappa shape index (κ2) is 25.9. The van der Waals surface area contributed by atoms with E-state index in [1.54, 1.807) is 36.4 Å². The Hall–Kier alpha value is -7.43. The van der Waals surface area contributed by atoms with Crippen molar-refractivity contribution in [1.82, 2.24) is 30.2 Å². The number of carbonyl (C=O) groups is 4. The van der Waals surface area contributed by atoms with E-state index in [2.05, 4.69) is 42.8 Å². The van der Waals surface area contributed by atoms with Crippen LogP contribution >= 0.6 is 0 Å². The summed E-state index contributed by atoms with van der Waals surface area (Å²) in [7, 11) is -0.802. The van der Waals surface area contributed by atoms with Gasteiger partial charge in [-0.15, -0.1) is 0 Å². The molecule has 0 spiro atoms. The lowest BCUT2D eigenvalue weighted by molar-refractivity contribution is 0.0592. The second-order valence-corrected chi connectivity index (χ2v) is 20.1. The van der Waals surface area contributed by atoms with E-state index in [-0.39, 0.29) is 43.7 Å². The molecular formula is C55H66N8O12S. The van der Waals surface area contributed by atoms with Crippen LogP contribution in [0.15, 0.2) is 97.1 Å². The number of aliphatic hydroxyl groups is 1. The number of benzene rings is 4. The lowest BCUT2D eigenvalue weighted by Gasteiger charge is -2.21. The molecule has 2 atom stereocenters. The van der Waals surface area contributed by atoms with Crippen LogP contribution < -0.4 is 20.4 Å². The highest BCUT2D eigenvalue weighted by Crippen LogP contribution is 2.32. The number of methoxy groups -OCH3 is 2. The van der Waals surface area contributed by atoms with E-state index >= 15 is 0 Å². The molecule has 0 radical (unpaired) electrons. The van der Waals surface area contributed by atoms with Crippen molar-refractivity contribution in [3.05, 3.63) is 164 Å². The molecule has 3 N–H and O–H groups in total. The van der Waals surface area contributed by atoms with Gasteiger partial charge in [-0.25, -0.2) is 19.0 Å². The molecule has 76 heavy (non-hydrogen) atoms. The van der Waals surface area contributed by atoms with E-state index in [0.717, 1.165) is 64.4 Å². The fourth-order valence-corrected chi connectivity index (χ4v) is 9.47. The summed E-state index contributed by atoms with van der Waals surface area (Å²) < 4.78 is 51.1. The summed E-state index contributed by atoms with van der Waals surface area (Å²) in [6.07, 6.45) is 1.00. The van der Waals surface area contributed by atoms with Gasteiger partial charge in [0.05, 0.1) is 108 Å². The third-order valence-electron chi connectivity index (χ3n) is 12.8. The number of anilines is 2. The van der Waals surface area contributed by atoms with Gasteiger partial charge in [-0.2, -0.15) is 18.6 Å². The first kappa shape index (κ1) is 56.3. The summed E-state index contributed by atoms with van der Waals surface area (Å²) in [4.78, 5) is 54.6. The number of hydrogen-bond donors (Lipinski definition) is 3. The van der Waals surface area contributed by atoms with Gasteiger partial charge < -0.3 is 44.5 Å². The molecule has 8 rings (SSSR count). The smallest absolute Gasteiger partial charge is 0.337 e. The van der Waals surface area contributed by atoms with Crippen LogP contribution in [0, 0.1) is 13.8 Å². The predicted molar refractivity (Wildman–Crippen MR) is 283 cm³/mol. The van der Waals surface area contributed by atoms with Crippen molar-refractivity contribution >= 4 is 45.5 Å². The topological polar surface area (TPSA) is 235 Å². The first-order valence-corrected chi connectivity index (χ1v) is 26.7. The van der Waals surface area contributed by atoms with Gasteiger partial charge in [0.2, 0.25) is 0 Å². The Morgan fingerprint density at radius 3 is 1.41 bits per heavy atom. The number of nitrogens with zero attached hydrogens (tertiary/aromatic N) is 6. The van der Waals surface area contributed by atoms with Gasteiger partial charge in [0, 0.05) is 26.2 Å². The first-order chi connectivity index (χ1) is 36.5. The molecule has 2 amide bonds. The third kappa shape index (κ3) is 14.5. The number of fused-ring (bicyclic) bond motifs is 2. The van der Waals surface area contributed by atoms with Crippen molar-refractivity contribution in [2.45, 2.75) is 79.2 Å². The zero-order chi connectivity index (χ0) is 54.5. The number of carbonyl (C=O) groups excluding carboxylic acids is 4. The van der Waals surface area contributed by atoms with E-state index < -0.39 is 22.1 Å². The Labute approximate surface area is 443 Å². The van der Waals surface area contributed by atoms with E-state index in [1.165, 1.54) is 14.2 Å². The molecule has 0 saturated carbocycles. The van der Waals surface area contributed by atoms with E-state index in [4.69, 9.17) is 28.2 Å². The van der Waals surface area contributed by atoms with Gasteiger partial charge in [-0.3, -0.25) is 13.8 Å². The summed E-state index contributed by atoms with van der Waals surface area (Å²) in [5, 5.41) is 24.3. The fraction of sp³-hybridized carbons (Fsp3) is 0.382. The number of rotatable bonds is 22. The Kier molecular flexibility index (Phi) is 19.2. The van der Waals surface area contributed by atoms with Gasteiger partial charge in [0.25, 0.3) is 21.9 Å². The average molecular weight is 1060 g/mol. The molecule has 0 fully saturated rings. The number of nitrogens with one attached hydrogen (secondary N) is 2. The summed E-state index contributed by atoms with van der Waals surface area (Å²) in [6.45, 7) is 12.8. The molecule has 20 nitrogen and oxygen atoms in total. The van der Waals surface area contributed by atoms with Crippen molar-refractivity contribution in [2.24, 2.45) is 0 Å². The van der Waals surface area contributed by atoms with Crippen LogP contribution in [0.4, 0.5) is 11.6 Å². The predicted octanol–water partition coefficient (Wildman–Crippen LogP) is 5.98. The molecule has 4 aromatic carbocycles. The summed E-state index contributed by atoms with van der Waals surface area (Å²) in [5.41, 5.74) is 9.26. The quantitative estimate of drug-likeness (QED) is 0.0403. The molecule has 0 saturated heterocycles. The second-order valence-electron chi connectivity index (χ2n) is 18.5. The number of amides is 2. The van der Waals surface area contributed by atoms with E-state index in [9.17, 15) is 27.6 Å². The molecule has 0 bridgehead atoms. The summed E-state index contributed by atoms with van der Waals surface area (Å²) >= 11 is 0. The number of esters is 2. The van der Waals surface area contributed by atoms with Crippen molar-refractivity contribution < 1.29 is 55.8 Å². The molecule has 4 heterocycles. The lowest BCUT2D eigenvalue weighted by Crippen LogP contribution is -2.29. The highest BCUT2D eigenvalue weighted by Gasteiger charge is 2.32. The minimum Gasteiger partial charge on any atom is -0.465 e. The number of hydrogen-bond acceptors (Lipinski definition) is 16. The van der Waals surface area contributed by atoms with Crippen LogP contribution in [-0.2, 0) is 72.6 Å². The monoisotopic (exact) mass is 1060 g/mol. The SMILES string of the molecule is COC(=O)c1ccc([C@H](C)NC(=O)c2c(C)nn3c2N(Cc2cccc(COCCO)c2)CC3)cc1.COC(=O)c1ccc([C@H](C)NC(=O)c2c(C)nn3c2N(Cc2cccc(COCCOS(C)(=O)=O)c2)CC3)cc1. The van der Waals surface area contributed by atoms with Crippen LogP contribution in [0.3, 0.4) is 0 Å². The Bertz CT molecular complexity index is 3100. The summed E-state index contributed by atoms with van der Waals surface area (Å²) in [6, 6.07) is 29.5. The highest BCUT2D eigenvalue weighted by atomic mass is 32.2. The zero-order valence-electron chi connectivity index (χ0n) is 43.9. The normalized spacial score (nSPS) is 13.5. The maximum Gasteiger partial charge on any atom is 0.337 e. The van der Waals surface area contributed by atoms with Crippen LogP contribution in [0.2, 0.25) is 0 Å². The molecule has 0 aliphatic carbocycles. The molecule has 2 aliphatic rings. The van der Waals surface area contributed by atoms with Gasteiger partial charge in [-0.1, -0.05) is 72.8 Å². The standard InChI is InChI=1S/C28H34N4O7S.C27H32N4O5/c1-19(23-8-10-24(11-9-23)28(34)37-3)29-26(33)25-20(2)30-32-13-12-31(27(25)32)17-21-6-5-7-22(16-21)18-38-14-15-39-40(4,35)36;1-18(22-7-9-23(10-8-22)27(34)35-3)28-25(33)24-19(2)29-31-12-11-30(26(24)31)16-20-5-4-6-21(15-20)17-36-14-13-32/h5-11,16,19H,12-15,17-18H2,1-4H3,(H,29,33);4-10,15,18,32H,11-14,16-17H2,1-3H3,(H,28,33)/t19-;18-/m00/s1. The molecule has 2 aliphatic heterocycles. The highest BCUT2D eigenvalue weighted by molar-refractivity contribution is 7.85. The molecule has 0 unspecified atom stereocenters.